The van der Waals surface area contributed by atoms with Crippen molar-refractivity contribution in [3.8, 4) is 0 Å². The molecule has 5 heteroatoms. The molecule has 1 aromatic rings. The van der Waals surface area contributed by atoms with E-state index in [9.17, 15) is 0 Å². The lowest BCUT2D eigenvalue weighted by molar-refractivity contribution is 0.273. The summed E-state index contributed by atoms with van der Waals surface area (Å²) in [6, 6.07) is 1.20. The van der Waals surface area contributed by atoms with Crippen molar-refractivity contribution in [3.63, 3.8) is 0 Å². The van der Waals surface area contributed by atoms with Gasteiger partial charge in [-0.25, -0.2) is 4.98 Å². The van der Waals surface area contributed by atoms with Crippen LogP contribution in [0.25, 0.3) is 0 Å². The summed E-state index contributed by atoms with van der Waals surface area (Å²) in [5.41, 5.74) is 1.02. The topological polar surface area (TPSA) is 44.3 Å². The minimum atomic E-state index is 0.477. The molecule has 1 N–H and O–H groups in total. The molecule has 1 unspecified atom stereocenters. The van der Waals surface area contributed by atoms with Crippen LogP contribution in [0.5, 0.6) is 0 Å². The number of hydrogen-bond donors (Lipinski definition) is 1. The van der Waals surface area contributed by atoms with Crippen LogP contribution in [-0.4, -0.2) is 53.1 Å². The van der Waals surface area contributed by atoms with Crippen LogP contribution in [0.1, 0.15) is 38.8 Å². The van der Waals surface area contributed by atoms with Crippen molar-refractivity contribution in [1.82, 2.24) is 20.2 Å². The number of rotatable bonds is 4. The molecule has 116 valence electrons. The second kappa shape index (κ2) is 6.71. The molecule has 0 saturated carbocycles. The second-order valence-electron chi connectivity index (χ2n) is 6.53. The lowest BCUT2D eigenvalue weighted by Gasteiger charge is -2.26. The van der Waals surface area contributed by atoms with E-state index in [1.807, 2.05) is 12.4 Å². The Labute approximate surface area is 127 Å². The molecule has 1 atom stereocenters. The number of nitrogens with one attached hydrogen (secondary N) is 1. The molecule has 3 heterocycles. The third kappa shape index (κ3) is 3.71. The predicted molar refractivity (Wildman–Crippen MR) is 85.4 cm³/mol. The van der Waals surface area contributed by atoms with Gasteiger partial charge in [-0.05, 0) is 25.8 Å². The van der Waals surface area contributed by atoms with Gasteiger partial charge in [0.1, 0.15) is 5.82 Å². The van der Waals surface area contributed by atoms with E-state index < -0.39 is 0 Å². The Morgan fingerprint density at radius 1 is 1.19 bits per heavy atom. The molecule has 0 aliphatic carbocycles. The van der Waals surface area contributed by atoms with Crippen molar-refractivity contribution in [2.75, 3.05) is 31.1 Å². The van der Waals surface area contributed by atoms with Crippen LogP contribution in [0, 0.1) is 0 Å². The first-order valence-electron chi connectivity index (χ1n) is 8.25. The van der Waals surface area contributed by atoms with Gasteiger partial charge < -0.3 is 10.2 Å². The SMILES string of the molecule is CC(C)NCc1cnc(N2CCCN3CCCC3C2)cn1. The zero-order valence-corrected chi connectivity index (χ0v) is 13.3. The fourth-order valence-electron chi connectivity index (χ4n) is 3.33. The summed E-state index contributed by atoms with van der Waals surface area (Å²) in [4.78, 5) is 14.3. The molecule has 0 bridgehead atoms. The van der Waals surface area contributed by atoms with Gasteiger partial charge in [-0.1, -0.05) is 13.8 Å². The van der Waals surface area contributed by atoms with E-state index in [1.165, 1.54) is 32.4 Å². The fourth-order valence-corrected chi connectivity index (χ4v) is 3.33. The molecule has 2 aliphatic rings. The summed E-state index contributed by atoms with van der Waals surface area (Å²) >= 11 is 0. The number of aromatic nitrogens is 2. The maximum absolute atomic E-state index is 4.64. The first-order valence-corrected chi connectivity index (χ1v) is 8.25. The summed E-state index contributed by atoms with van der Waals surface area (Å²) < 4.78 is 0. The van der Waals surface area contributed by atoms with Gasteiger partial charge in [0.25, 0.3) is 0 Å². The second-order valence-corrected chi connectivity index (χ2v) is 6.53. The Balaban J connectivity index is 1.63. The average Bonchev–Trinajstić information content (AvgIpc) is 2.83. The molecule has 0 spiro atoms. The Kier molecular flexibility index (Phi) is 4.70. The van der Waals surface area contributed by atoms with Gasteiger partial charge in [-0.15, -0.1) is 0 Å². The predicted octanol–water partition coefficient (Wildman–Crippen LogP) is 1.65. The lowest BCUT2D eigenvalue weighted by atomic mass is 10.2. The largest absolute Gasteiger partial charge is 0.354 e. The number of hydrogen-bond acceptors (Lipinski definition) is 5. The van der Waals surface area contributed by atoms with Crippen molar-refractivity contribution >= 4 is 5.82 Å². The summed E-state index contributed by atoms with van der Waals surface area (Å²) in [7, 11) is 0. The molecule has 5 nitrogen and oxygen atoms in total. The van der Waals surface area contributed by atoms with E-state index in [-0.39, 0.29) is 0 Å². The first kappa shape index (κ1) is 14.7. The maximum Gasteiger partial charge on any atom is 0.147 e. The van der Waals surface area contributed by atoms with Crippen LogP contribution in [0.2, 0.25) is 0 Å². The van der Waals surface area contributed by atoms with E-state index >= 15 is 0 Å². The van der Waals surface area contributed by atoms with Crippen LogP contribution in [0.4, 0.5) is 5.82 Å². The monoisotopic (exact) mass is 289 g/mol. The third-order valence-corrected chi connectivity index (χ3v) is 4.51. The smallest absolute Gasteiger partial charge is 0.147 e. The third-order valence-electron chi connectivity index (χ3n) is 4.51. The van der Waals surface area contributed by atoms with Crippen molar-refractivity contribution in [2.24, 2.45) is 0 Å². The van der Waals surface area contributed by atoms with E-state index in [0.717, 1.165) is 37.2 Å². The van der Waals surface area contributed by atoms with Crippen LogP contribution < -0.4 is 10.2 Å². The standard InChI is InChI=1S/C16H27N5/c1-13(2)17-9-14-10-19-16(11-18-14)21-8-4-7-20-6-3-5-15(20)12-21/h10-11,13,15,17H,3-9,12H2,1-2H3. The number of nitrogens with zero attached hydrogens (tertiary/aromatic N) is 4. The van der Waals surface area contributed by atoms with Crippen molar-refractivity contribution in [1.29, 1.82) is 0 Å². The van der Waals surface area contributed by atoms with Gasteiger partial charge in [0.2, 0.25) is 0 Å². The average molecular weight is 289 g/mol. The quantitative estimate of drug-likeness (QED) is 0.913. The highest BCUT2D eigenvalue weighted by molar-refractivity contribution is 5.36. The van der Waals surface area contributed by atoms with Crippen molar-refractivity contribution in [3.05, 3.63) is 18.1 Å². The summed E-state index contributed by atoms with van der Waals surface area (Å²) in [6.07, 6.45) is 7.78. The Morgan fingerprint density at radius 3 is 2.81 bits per heavy atom. The summed E-state index contributed by atoms with van der Waals surface area (Å²) in [5.74, 6) is 1.04. The van der Waals surface area contributed by atoms with Crippen LogP contribution in [0.3, 0.4) is 0 Å². The summed E-state index contributed by atoms with van der Waals surface area (Å²) in [6.45, 7) is 9.82. The Hall–Kier alpha value is -1.20. The molecule has 3 rings (SSSR count). The van der Waals surface area contributed by atoms with Crippen molar-refractivity contribution in [2.45, 2.75) is 51.7 Å². The maximum atomic E-state index is 4.64. The van der Waals surface area contributed by atoms with Crippen LogP contribution in [-0.2, 0) is 6.54 Å². The van der Waals surface area contributed by atoms with Crippen LogP contribution in [0.15, 0.2) is 12.4 Å². The van der Waals surface area contributed by atoms with Gasteiger partial charge in [0, 0.05) is 38.3 Å². The Bertz CT molecular complexity index is 444. The number of fused-ring (bicyclic) bond motifs is 1. The summed E-state index contributed by atoms with van der Waals surface area (Å²) in [5, 5.41) is 3.38. The van der Waals surface area contributed by atoms with Crippen LogP contribution >= 0.6 is 0 Å². The van der Waals surface area contributed by atoms with Gasteiger partial charge in [0.15, 0.2) is 0 Å². The van der Waals surface area contributed by atoms with E-state index in [4.69, 9.17) is 0 Å². The van der Waals surface area contributed by atoms with E-state index in [1.54, 1.807) is 0 Å². The molecule has 2 saturated heterocycles. The molecular formula is C16H27N5. The molecule has 1 aromatic heterocycles. The highest BCUT2D eigenvalue weighted by atomic mass is 15.3. The highest BCUT2D eigenvalue weighted by Gasteiger charge is 2.29. The normalized spacial score (nSPS) is 23.4. The first-order chi connectivity index (χ1) is 10.2. The molecule has 2 aliphatic heterocycles. The number of anilines is 1. The molecule has 0 amide bonds. The highest BCUT2D eigenvalue weighted by Crippen LogP contribution is 2.23. The van der Waals surface area contributed by atoms with Gasteiger partial charge in [-0.3, -0.25) is 9.88 Å². The van der Waals surface area contributed by atoms with E-state index in [2.05, 4.69) is 38.9 Å². The van der Waals surface area contributed by atoms with E-state index in [0.29, 0.717) is 6.04 Å². The lowest BCUT2D eigenvalue weighted by Crippen LogP contribution is -2.37. The van der Waals surface area contributed by atoms with Gasteiger partial charge >= 0.3 is 0 Å². The molecule has 0 radical (unpaired) electrons. The van der Waals surface area contributed by atoms with Gasteiger partial charge in [-0.2, -0.15) is 0 Å². The fraction of sp³-hybridized carbons (Fsp3) is 0.750. The van der Waals surface area contributed by atoms with Gasteiger partial charge in [0.05, 0.1) is 18.1 Å². The molecule has 21 heavy (non-hydrogen) atoms. The molecular weight excluding hydrogens is 262 g/mol. The molecule has 2 fully saturated rings. The molecule has 0 aromatic carbocycles. The minimum Gasteiger partial charge on any atom is -0.354 e. The zero-order chi connectivity index (χ0) is 14.7. The Morgan fingerprint density at radius 2 is 2.05 bits per heavy atom. The van der Waals surface area contributed by atoms with Crippen molar-refractivity contribution < 1.29 is 0 Å². The minimum absolute atomic E-state index is 0.477. The zero-order valence-electron chi connectivity index (χ0n) is 13.3.